The maximum absolute atomic E-state index is 12.2. The third-order valence-electron chi connectivity index (χ3n) is 3.85. The van der Waals surface area contributed by atoms with E-state index in [-0.39, 0.29) is 11.6 Å². The molecule has 0 aliphatic heterocycles. The standard InChI is InChI=1S/C18H17F2N3O6/c1-22-15(21)14(16(26)23(2)18(22)27)12(24)9-28-13(25)8-5-10-3-6-11(7-4-10)29-17(19)20/h3-8,17H,9,21H2,1-2H3. The Morgan fingerprint density at radius 3 is 2.34 bits per heavy atom. The predicted molar refractivity (Wildman–Crippen MR) is 98.7 cm³/mol. The number of hydrogen-bond donors (Lipinski definition) is 1. The number of benzene rings is 1. The highest BCUT2D eigenvalue weighted by atomic mass is 19.3. The van der Waals surface area contributed by atoms with Gasteiger partial charge in [0.2, 0.25) is 5.78 Å². The molecule has 0 fully saturated rings. The SMILES string of the molecule is Cn1c(N)c(C(=O)COC(=O)C=Cc2ccc(OC(F)F)cc2)c(=O)n(C)c1=O. The fraction of sp³-hybridized carbons (Fsp3) is 0.222. The number of aromatic nitrogens is 2. The zero-order valence-electron chi connectivity index (χ0n) is 15.4. The molecule has 0 atom stereocenters. The first-order valence-electron chi connectivity index (χ1n) is 8.10. The third-order valence-corrected chi connectivity index (χ3v) is 3.85. The van der Waals surface area contributed by atoms with Crippen molar-refractivity contribution in [2.75, 3.05) is 12.3 Å². The Bertz CT molecular complexity index is 1070. The first-order chi connectivity index (χ1) is 13.6. The lowest BCUT2D eigenvalue weighted by atomic mass is 10.2. The first kappa shape index (κ1) is 21.5. The Balaban J connectivity index is 2.03. The van der Waals surface area contributed by atoms with Crippen LogP contribution in [0.5, 0.6) is 5.75 Å². The van der Waals surface area contributed by atoms with Crippen LogP contribution in [0.4, 0.5) is 14.6 Å². The molecule has 1 heterocycles. The van der Waals surface area contributed by atoms with Crippen LogP contribution in [-0.2, 0) is 23.6 Å². The molecule has 154 valence electrons. The van der Waals surface area contributed by atoms with Crippen molar-refractivity contribution >= 4 is 23.6 Å². The summed E-state index contributed by atoms with van der Waals surface area (Å²) in [6.07, 6.45) is 2.34. The number of ether oxygens (including phenoxy) is 2. The number of ketones is 1. The van der Waals surface area contributed by atoms with Crippen molar-refractivity contribution in [3.05, 3.63) is 62.3 Å². The summed E-state index contributed by atoms with van der Waals surface area (Å²) in [5.41, 5.74) is 4.09. The number of carbonyl (C=O) groups excluding carboxylic acids is 2. The number of nitrogens with two attached hydrogens (primary N) is 1. The monoisotopic (exact) mass is 409 g/mol. The molecule has 2 rings (SSSR count). The van der Waals surface area contributed by atoms with Gasteiger partial charge in [-0.05, 0) is 23.8 Å². The molecule has 11 heteroatoms. The molecule has 0 aliphatic carbocycles. The molecule has 0 amide bonds. The molecule has 0 aliphatic rings. The molecule has 2 aromatic rings. The summed E-state index contributed by atoms with van der Waals surface area (Å²) < 4.78 is 34.8. The summed E-state index contributed by atoms with van der Waals surface area (Å²) in [5, 5.41) is 0. The number of anilines is 1. The van der Waals surface area contributed by atoms with Gasteiger partial charge in [-0.3, -0.25) is 18.7 Å². The summed E-state index contributed by atoms with van der Waals surface area (Å²) in [7, 11) is 2.48. The van der Waals surface area contributed by atoms with Gasteiger partial charge in [0.05, 0.1) is 0 Å². The molecule has 29 heavy (non-hydrogen) atoms. The minimum Gasteiger partial charge on any atom is -0.454 e. The lowest BCUT2D eigenvalue weighted by molar-refractivity contribution is -0.136. The summed E-state index contributed by atoms with van der Waals surface area (Å²) in [5.74, 6) is -2.12. The van der Waals surface area contributed by atoms with Crippen molar-refractivity contribution < 1.29 is 27.8 Å². The van der Waals surface area contributed by atoms with Gasteiger partial charge >= 0.3 is 18.3 Å². The molecular weight excluding hydrogens is 392 g/mol. The van der Waals surface area contributed by atoms with Gasteiger partial charge in [0.1, 0.15) is 17.1 Å². The van der Waals surface area contributed by atoms with Gasteiger partial charge in [-0.1, -0.05) is 12.1 Å². The van der Waals surface area contributed by atoms with E-state index in [0.717, 1.165) is 10.6 Å². The van der Waals surface area contributed by atoms with Gasteiger partial charge < -0.3 is 15.2 Å². The second-order valence-electron chi connectivity index (χ2n) is 5.78. The van der Waals surface area contributed by atoms with Crippen molar-refractivity contribution in [2.45, 2.75) is 6.61 Å². The Morgan fingerprint density at radius 2 is 1.76 bits per heavy atom. The number of esters is 1. The number of rotatable bonds is 7. The van der Waals surface area contributed by atoms with Crippen LogP contribution in [0.3, 0.4) is 0 Å². The number of carbonyl (C=O) groups is 2. The molecule has 0 bridgehead atoms. The second-order valence-corrected chi connectivity index (χ2v) is 5.78. The molecule has 0 unspecified atom stereocenters. The molecule has 1 aromatic carbocycles. The van der Waals surface area contributed by atoms with Crippen molar-refractivity contribution in [3.8, 4) is 5.75 Å². The van der Waals surface area contributed by atoms with Crippen LogP contribution in [0.2, 0.25) is 0 Å². The van der Waals surface area contributed by atoms with Crippen molar-refractivity contribution in [2.24, 2.45) is 14.1 Å². The Kier molecular flexibility index (Phi) is 6.65. The van der Waals surface area contributed by atoms with Crippen molar-refractivity contribution in [1.82, 2.24) is 9.13 Å². The number of halogens is 2. The van der Waals surface area contributed by atoms with Gasteiger partial charge in [-0.15, -0.1) is 0 Å². The van der Waals surface area contributed by atoms with E-state index in [2.05, 4.69) is 4.74 Å². The first-order valence-corrected chi connectivity index (χ1v) is 8.10. The van der Waals surface area contributed by atoms with Gasteiger partial charge in [-0.25, -0.2) is 9.59 Å². The van der Waals surface area contributed by atoms with Gasteiger partial charge in [0, 0.05) is 20.2 Å². The van der Waals surface area contributed by atoms with Crippen molar-refractivity contribution in [3.63, 3.8) is 0 Å². The van der Waals surface area contributed by atoms with Gasteiger partial charge in [0.15, 0.2) is 6.61 Å². The van der Waals surface area contributed by atoms with E-state index in [1.54, 1.807) is 0 Å². The fourth-order valence-corrected chi connectivity index (χ4v) is 2.30. The lowest BCUT2D eigenvalue weighted by Gasteiger charge is -2.10. The zero-order valence-corrected chi connectivity index (χ0v) is 15.4. The average molecular weight is 409 g/mol. The van der Waals surface area contributed by atoms with Gasteiger partial charge in [0.25, 0.3) is 5.56 Å². The number of nitrogens with zero attached hydrogens (tertiary/aromatic N) is 2. The minimum absolute atomic E-state index is 0.0400. The van der Waals surface area contributed by atoms with E-state index in [0.29, 0.717) is 10.1 Å². The van der Waals surface area contributed by atoms with E-state index in [1.807, 2.05) is 0 Å². The molecule has 0 saturated heterocycles. The van der Waals surface area contributed by atoms with Crippen LogP contribution in [0.25, 0.3) is 6.08 Å². The number of alkyl halides is 2. The summed E-state index contributed by atoms with van der Waals surface area (Å²) >= 11 is 0. The number of hydrogen-bond acceptors (Lipinski definition) is 7. The van der Waals surface area contributed by atoms with Gasteiger partial charge in [-0.2, -0.15) is 8.78 Å². The smallest absolute Gasteiger partial charge is 0.387 e. The average Bonchev–Trinajstić information content (AvgIpc) is 2.68. The molecule has 1 aromatic heterocycles. The second kappa shape index (κ2) is 8.95. The summed E-state index contributed by atoms with van der Waals surface area (Å²) in [4.78, 5) is 47.8. The van der Waals surface area contributed by atoms with Crippen molar-refractivity contribution in [1.29, 1.82) is 0 Å². The van der Waals surface area contributed by atoms with E-state index in [9.17, 15) is 28.0 Å². The largest absolute Gasteiger partial charge is 0.454 e. The van der Waals surface area contributed by atoms with E-state index in [1.165, 1.54) is 44.4 Å². The maximum Gasteiger partial charge on any atom is 0.387 e. The summed E-state index contributed by atoms with van der Waals surface area (Å²) in [6.45, 7) is -3.70. The van der Waals surface area contributed by atoms with Crippen LogP contribution >= 0.6 is 0 Å². The molecule has 0 saturated carbocycles. The Hall–Kier alpha value is -3.76. The summed E-state index contributed by atoms with van der Waals surface area (Å²) in [6, 6.07) is 5.45. The normalized spacial score (nSPS) is 11.1. The molecule has 0 spiro atoms. The fourth-order valence-electron chi connectivity index (χ4n) is 2.30. The van der Waals surface area contributed by atoms with Crippen LogP contribution in [0, 0.1) is 0 Å². The lowest BCUT2D eigenvalue weighted by Crippen LogP contribution is -2.42. The van der Waals surface area contributed by atoms with Crippen LogP contribution in [0.15, 0.2) is 39.9 Å². The zero-order chi connectivity index (χ0) is 21.7. The predicted octanol–water partition coefficient (Wildman–Crippen LogP) is 0.707. The molecular formula is C18H17F2N3O6. The molecule has 2 N–H and O–H groups in total. The third kappa shape index (κ3) is 5.15. The Morgan fingerprint density at radius 1 is 1.14 bits per heavy atom. The molecule has 9 nitrogen and oxygen atoms in total. The highest BCUT2D eigenvalue weighted by molar-refractivity contribution is 6.01. The molecule has 0 radical (unpaired) electrons. The Labute approximate surface area is 162 Å². The minimum atomic E-state index is -2.94. The van der Waals surface area contributed by atoms with E-state index in [4.69, 9.17) is 10.5 Å². The van der Waals surface area contributed by atoms with E-state index >= 15 is 0 Å². The topological polar surface area (TPSA) is 123 Å². The van der Waals surface area contributed by atoms with Crippen LogP contribution in [0.1, 0.15) is 15.9 Å². The number of Topliss-reactive ketones (excluding diaryl/α,β-unsaturated/α-hetero) is 1. The highest BCUT2D eigenvalue weighted by Crippen LogP contribution is 2.15. The van der Waals surface area contributed by atoms with Crippen LogP contribution < -0.4 is 21.7 Å². The van der Waals surface area contributed by atoms with Crippen LogP contribution in [-0.4, -0.2) is 34.1 Å². The number of nitrogen functional groups attached to an aromatic ring is 1. The maximum atomic E-state index is 12.2. The van der Waals surface area contributed by atoms with E-state index < -0.39 is 41.8 Å². The highest BCUT2D eigenvalue weighted by Gasteiger charge is 2.21. The quantitative estimate of drug-likeness (QED) is 0.406.